The summed E-state index contributed by atoms with van der Waals surface area (Å²) in [6.45, 7) is 15.4. The summed E-state index contributed by atoms with van der Waals surface area (Å²) in [5.41, 5.74) is 0.315. The number of nitrogens with one attached hydrogen (secondary N) is 1. The van der Waals surface area contributed by atoms with Crippen LogP contribution in [0, 0.1) is 0 Å². The molecule has 0 bridgehead atoms. The van der Waals surface area contributed by atoms with Crippen LogP contribution in [0.1, 0.15) is 67.7 Å². The Balaban J connectivity index is 0. The van der Waals surface area contributed by atoms with E-state index < -0.39 is 0 Å². The van der Waals surface area contributed by atoms with E-state index in [9.17, 15) is 0 Å². The Kier molecular flexibility index (Phi) is 10.2. The van der Waals surface area contributed by atoms with Crippen LogP contribution < -0.4 is 5.32 Å². The summed E-state index contributed by atoms with van der Waals surface area (Å²) in [5, 5.41) is 3.56. The first-order valence-electron chi connectivity index (χ1n) is 5.71. The fourth-order valence-corrected chi connectivity index (χ4v) is 0.871. The van der Waals surface area contributed by atoms with E-state index in [2.05, 4.69) is 53.8 Å². The Morgan fingerprint density at radius 2 is 1.46 bits per heavy atom. The average Bonchev–Trinajstić information content (AvgIpc) is 2.05. The van der Waals surface area contributed by atoms with Gasteiger partial charge >= 0.3 is 0 Å². The summed E-state index contributed by atoms with van der Waals surface area (Å²) in [7, 11) is 0. The van der Waals surface area contributed by atoms with Gasteiger partial charge in [0, 0.05) is 11.6 Å². The standard InChI is InChI=1S/C9H21N.C3H8/c1-6-8(3)10-9(4,5)7-2;1-3-2/h8,10H,6-7H2,1-5H3;3H2,1-2H3. The second-order valence-electron chi connectivity index (χ2n) is 4.40. The zero-order valence-corrected chi connectivity index (χ0v) is 10.7. The zero-order chi connectivity index (χ0) is 10.9. The van der Waals surface area contributed by atoms with E-state index in [4.69, 9.17) is 0 Å². The summed E-state index contributed by atoms with van der Waals surface area (Å²) in [6.07, 6.45) is 3.65. The first-order chi connectivity index (χ1) is 5.93. The Morgan fingerprint density at radius 3 is 1.69 bits per heavy atom. The Morgan fingerprint density at radius 1 is 1.08 bits per heavy atom. The molecule has 1 atom stereocenters. The third-order valence-corrected chi connectivity index (χ3v) is 2.13. The molecule has 82 valence electrons. The highest BCUT2D eigenvalue weighted by atomic mass is 15.0. The van der Waals surface area contributed by atoms with Crippen molar-refractivity contribution in [3.05, 3.63) is 0 Å². The van der Waals surface area contributed by atoms with Gasteiger partial charge < -0.3 is 5.32 Å². The lowest BCUT2D eigenvalue weighted by atomic mass is 10.0. The van der Waals surface area contributed by atoms with Crippen LogP contribution in [0.4, 0.5) is 0 Å². The molecule has 0 fully saturated rings. The van der Waals surface area contributed by atoms with Crippen LogP contribution in [0.3, 0.4) is 0 Å². The van der Waals surface area contributed by atoms with Crippen LogP contribution >= 0.6 is 0 Å². The van der Waals surface area contributed by atoms with Crippen LogP contribution in [0.2, 0.25) is 0 Å². The molecule has 0 rings (SSSR count). The quantitative estimate of drug-likeness (QED) is 0.702. The maximum atomic E-state index is 3.56. The predicted octanol–water partition coefficient (Wildman–Crippen LogP) is 3.98. The van der Waals surface area contributed by atoms with Crippen molar-refractivity contribution in [1.29, 1.82) is 0 Å². The van der Waals surface area contributed by atoms with Crippen molar-refractivity contribution in [3.63, 3.8) is 0 Å². The van der Waals surface area contributed by atoms with E-state index in [1.54, 1.807) is 0 Å². The van der Waals surface area contributed by atoms with Crippen molar-refractivity contribution in [3.8, 4) is 0 Å². The van der Waals surface area contributed by atoms with E-state index in [1.807, 2.05) is 0 Å². The SMILES string of the molecule is CCC.CCC(C)NC(C)(C)CC. The van der Waals surface area contributed by atoms with E-state index in [0.29, 0.717) is 11.6 Å². The van der Waals surface area contributed by atoms with Crippen LogP contribution in [0.15, 0.2) is 0 Å². The molecule has 0 aromatic carbocycles. The molecule has 0 saturated heterocycles. The monoisotopic (exact) mass is 187 g/mol. The molecule has 1 heteroatoms. The minimum Gasteiger partial charge on any atom is -0.309 e. The number of hydrogen-bond acceptors (Lipinski definition) is 1. The van der Waals surface area contributed by atoms with Gasteiger partial charge in [0.15, 0.2) is 0 Å². The van der Waals surface area contributed by atoms with Gasteiger partial charge in [-0.2, -0.15) is 0 Å². The molecule has 0 aromatic heterocycles. The molecular formula is C12H29N. The molecule has 0 amide bonds. The van der Waals surface area contributed by atoms with Gasteiger partial charge in [-0.05, 0) is 33.6 Å². The highest BCUT2D eigenvalue weighted by Gasteiger charge is 2.15. The molecule has 1 N–H and O–H groups in total. The second kappa shape index (κ2) is 8.55. The fraction of sp³-hybridized carbons (Fsp3) is 1.00. The minimum atomic E-state index is 0.315. The summed E-state index contributed by atoms with van der Waals surface area (Å²) in [4.78, 5) is 0. The fourth-order valence-electron chi connectivity index (χ4n) is 0.871. The molecule has 0 aliphatic rings. The first kappa shape index (κ1) is 15.4. The molecule has 0 aliphatic heterocycles. The molecule has 1 unspecified atom stereocenters. The van der Waals surface area contributed by atoms with Gasteiger partial charge in [-0.15, -0.1) is 0 Å². The van der Waals surface area contributed by atoms with Gasteiger partial charge in [0.05, 0.1) is 0 Å². The molecule has 0 radical (unpaired) electrons. The first-order valence-corrected chi connectivity index (χ1v) is 5.71. The lowest BCUT2D eigenvalue weighted by Gasteiger charge is -2.28. The third-order valence-electron chi connectivity index (χ3n) is 2.13. The van der Waals surface area contributed by atoms with Crippen molar-refractivity contribution < 1.29 is 0 Å². The molecule has 13 heavy (non-hydrogen) atoms. The van der Waals surface area contributed by atoms with Crippen LogP contribution in [-0.4, -0.2) is 11.6 Å². The van der Waals surface area contributed by atoms with Gasteiger partial charge in [-0.25, -0.2) is 0 Å². The lowest BCUT2D eigenvalue weighted by molar-refractivity contribution is 0.329. The smallest absolute Gasteiger partial charge is 0.0125 e. The molecule has 0 saturated carbocycles. The molecule has 1 nitrogen and oxygen atoms in total. The van der Waals surface area contributed by atoms with Crippen molar-refractivity contribution in [1.82, 2.24) is 5.32 Å². The van der Waals surface area contributed by atoms with Gasteiger partial charge in [-0.3, -0.25) is 0 Å². The van der Waals surface area contributed by atoms with E-state index in [0.717, 1.165) is 0 Å². The topological polar surface area (TPSA) is 12.0 Å². The summed E-state index contributed by atoms with van der Waals surface area (Å²) >= 11 is 0. The zero-order valence-electron chi connectivity index (χ0n) is 10.7. The van der Waals surface area contributed by atoms with E-state index in [1.165, 1.54) is 19.3 Å². The van der Waals surface area contributed by atoms with Crippen molar-refractivity contribution in [2.75, 3.05) is 0 Å². The predicted molar refractivity (Wildman–Crippen MR) is 63.2 cm³/mol. The second-order valence-corrected chi connectivity index (χ2v) is 4.40. The minimum absolute atomic E-state index is 0.315. The Labute approximate surface area is 85.3 Å². The van der Waals surface area contributed by atoms with Crippen molar-refractivity contribution in [2.45, 2.75) is 79.3 Å². The van der Waals surface area contributed by atoms with Crippen molar-refractivity contribution in [2.24, 2.45) is 0 Å². The summed E-state index contributed by atoms with van der Waals surface area (Å²) < 4.78 is 0. The maximum absolute atomic E-state index is 3.56. The summed E-state index contributed by atoms with van der Waals surface area (Å²) in [6, 6.07) is 0.648. The lowest BCUT2D eigenvalue weighted by Crippen LogP contribution is -2.43. The molecule has 0 heterocycles. The van der Waals surface area contributed by atoms with Gasteiger partial charge in [0.2, 0.25) is 0 Å². The average molecular weight is 187 g/mol. The Bertz CT molecular complexity index is 97.3. The Hall–Kier alpha value is -0.0400. The van der Waals surface area contributed by atoms with Crippen LogP contribution in [0.25, 0.3) is 0 Å². The van der Waals surface area contributed by atoms with Gasteiger partial charge in [0.1, 0.15) is 0 Å². The largest absolute Gasteiger partial charge is 0.309 e. The molecular weight excluding hydrogens is 158 g/mol. The molecule has 0 aromatic rings. The molecule has 0 spiro atoms. The number of hydrogen-bond donors (Lipinski definition) is 1. The third kappa shape index (κ3) is 12.0. The van der Waals surface area contributed by atoms with Gasteiger partial charge in [-0.1, -0.05) is 34.1 Å². The maximum Gasteiger partial charge on any atom is 0.0125 e. The normalized spacial score (nSPS) is 13.2. The van der Waals surface area contributed by atoms with E-state index in [-0.39, 0.29) is 0 Å². The van der Waals surface area contributed by atoms with Gasteiger partial charge in [0.25, 0.3) is 0 Å². The highest BCUT2D eigenvalue weighted by molar-refractivity contribution is 4.77. The van der Waals surface area contributed by atoms with E-state index >= 15 is 0 Å². The number of rotatable bonds is 4. The van der Waals surface area contributed by atoms with Crippen LogP contribution in [0.5, 0.6) is 0 Å². The summed E-state index contributed by atoms with van der Waals surface area (Å²) in [5.74, 6) is 0. The van der Waals surface area contributed by atoms with Crippen molar-refractivity contribution >= 4 is 0 Å². The highest BCUT2D eigenvalue weighted by Crippen LogP contribution is 2.08. The molecule has 0 aliphatic carbocycles. The van der Waals surface area contributed by atoms with Crippen LogP contribution in [-0.2, 0) is 0 Å².